The molecule has 2 aromatic rings. The Bertz CT molecular complexity index is 695. The van der Waals surface area contributed by atoms with Gasteiger partial charge in [0.15, 0.2) is 0 Å². The Morgan fingerprint density at radius 3 is 3.06 bits per heavy atom. The van der Waals surface area contributed by atoms with Crippen molar-refractivity contribution >= 4 is 28.2 Å². The molecule has 1 N–H and O–H groups in total. The molecule has 3 rings (SSSR count). The fourth-order valence-corrected chi connectivity index (χ4v) is 2.11. The molecule has 1 aliphatic carbocycles. The van der Waals surface area contributed by atoms with Gasteiger partial charge in [-0.2, -0.15) is 0 Å². The Morgan fingerprint density at radius 2 is 2.22 bits per heavy atom. The summed E-state index contributed by atoms with van der Waals surface area (Å²) in [6.07, 6.45) is 7.74. The molecule has 1 aromatic carbocycles. The summed E-state index contributed by atoms with van der Waals surface area (Å²) in [6.45, 7) is 0.759. The molecule has 0 radical (unpaired) electrons. The van der Waals surface area contributed by atoms with Crippen LogP contribution in [0.3, 0.4) is 0 Å². The number of halogens is 1. The molecule has 0 aliphatic heterocycles. The van der Waals surface area contributed by atoms with Crippen LogP contribution in [0.1, 0.15) is 0 Å². The number of anilines is 1. The van der Waals surface area contributed by atoms with Gasteiger partial charge in [0.1, 0.15) is 0 Å². The van der Waals surface area contributed by atoms with Crippen molar-refractivity contribution in [2.24, 2.45) is 0 Å². The van der Waals surface area contributed by atoms with Crippen molar-refractivity contribution in [2.75, 3.05) is 11.9 Å². The fraction of sp³-hybridized carbons (Fsp3) is 0.0667. The lowest BCUT2D eigenvalue weighted by Gasteiger charge is -2.08. The summed E-state index contributed by atoms with van der Waals surface area (Å²) in [5.74, 6) is 0. The molecule has 0 atom stereocenters. The molecule has 0 unspecified atom stereocenters. The Morgan fingerprint density at radius 1 is 1.28 bits per heavy atom. The van der Waals surface area contributed by atoms with E-state index >= 15 is 0 Å². The third-order valence-electron chi connectivity index (χ3n) is 2.84. The van der Waals surface area contributed by atoms with Gasteiger partial charge in [-0.15, -0.1) is 5.73 Å². The van der Waals surface area contributed by atoms with Crippen LogP contribution in [0.25, 0.3) is 10.9 Å². The SMILES string of the molecule is Clc1ccc2c(NCC3=C=CC=C3)ccnc2c1. The molecule has 0 amide bonds. The van der Waals surface area contributed by atoms with Crippen LogP contribution in [-0.2, 0) is 0 Å². The minimum absolute atomic E-state index is 0.705. The lowest BCUT2D eigenvalue weighted by atomic mass is 10.2. The molecule has 3 heteroatoms. The van der Waals surface area contributed by atoms with E-state index in [9.17, 15) is 0 Å². The molecule has 0 fully saturated rings. The minimum Gasteiger partial charge on any atom is -0.380 e. The van der Waals surface area contributed by atoms with E-state index in [0.29, 0.717) is 5.02 Å². The highest BCUT2D eigenvalue weighted by molar-refractivity contribution is 6.31. The van der Waals surface area contributed by atoms with E-state index < -0.39 is 0 Å². The number of pyridine rings is 1. The van der Waals surface area contributed by atoms with Crippen molar-refractivity contribution in [3.63, 3.8) is 0 Å². The van der Waals surface area contributed by atoms with Crippen LogP contribution in [0.4, 0.5) is 5.69 Å². The van der Waals surface area contributed by atoms with Gasteiger partial charge < -0.3 is 5.32 Å². The number of benzene rings is 1. The second-order valence-electron chi connectivity index (χ2n) is 4.07. The molecular weight excluding hydrogens is 244 g/mol. The molecule has 0 bridgehead atoms. The third kappa shape index (κ3) is 2.17. The Balaban J connectivity index is 1.92. The maximum absolute atomic E-state index is 5.96. The minimum atomic E-state index is 0.705. The van der Waals surface area contributed by atoms with Gasteiger partial charge in [0.25, 0.3) is 0 Å². The third-order valence-corrected chi connectivity index (χ3v) is 3.07. The molecular formula is C15H11ClN2. The van der Waals surface area contributed by atoms with Gasteiger partial charge in [0.05, 0.1) is 5.52 Å². The molecule has 0 saturated carbocycles. The average molecular weight is 255 g/mol. The molecule has 88 valence electrons. The predicted molar refractivity (Wildman–Crippen MR) is 76.0 cm³/mol. The molecule has 18 heavy (non-hydrogen) atoms. The zero-order valence-corrected chi connectivity index (χ0v) is 10.4. The van der Waals surface area contributed by atoms with E-state index in [-0.39, 0.29) is 0 Å². The van der Waals surface area contributed by atoms with Crippen molar-refractivity contribution in [3.05, 3.63) is 65.0 Å². The van der Waals surface area contributed by atoms with Crippen molar-refractivity contribution < 1.29 is 0 Å². The number of allylic oxidation sites excluding steroid dienone is 1. The second kappa shape index (κ2) is 4.69. The normalized spacial score (nSPS) is 13.1. The highest BCUT2D eigenvalue weighted by Crippen LogP contribution is 2.24. The van der Waals surface area contributed by atoms with Crippen LogP contribution in [0.2, 0.25) is 5.02 Å². The van der Waals surface area contributed by atoms with Gasteiger partial charge in [-0.3, -0.25) is 4.98 Å². The van der Waals surface area contributed by atoms with Crippen LogP contribution >= 0.6 is 11.6 Å². The summed E-state index contributed by atoms with van der Waals surface area (Å²) in [7, 11) is 0. The van der Waals surface area contributed by atoms with Crippen LogP contribution in [0.5, 0.6) is 0 Å². The van der Waals surface area contributed by atoms with Crippen LogP contribution in [0.15, 0.2) is 60.0 Å². The number of rotatable bonds is 3. The van der Waals surface area contributed by atoms with Crippen molar-refractivity contribution in [1.29, 1.82) is 0 Å². The topological polar surface area (TPSA) is 24.9 Å². The summed E-state index contributed by atoms with van der Waals surface area (Å²) in [6, 6.07) is 7.71. The Hall–Kier alpha value is -2.02. The molecule has 0 saturated heterocycles. The summed E-state index contributed by atoms with van der Waals surface area (Å²) in [4.78, 5) is 4.32. The van der Waals surface area contributed by atoms with E-state index in [0.717, 1.165) is 28.7 Å². The average Bonchev–Trinajstić information content (AvgIpc) is 2.89. The molecule has 2 nitrogen and oxygen atoms in total. The van der Waals surface area contributed by atoms with Gasteiger partial charge in [-0.1, -0.05) is 17.7 Å². The van der Waals surface area contributed by atoms with Crippen molar-refractivity contribution in [1.82, 2.24) is 4.98 Å². The van der Waals surface area contributed by atoms with E-state index in [1.54, 1.807) is 6.20 Å². The standard InChI is InChI=1S/C15H11ClN2/c16-12-5-6-13-14(7-8-17-15(13)9-12)18-10-11-3-1-2-4-11/h1-3,5-9H,10H2,(H,17,18). The van der Waals surface area contributed by atoms with Gasteiger partial charge in [0.2, 0.25) is 0 Å². The lowest BCUT2D eigenvalue weighted by Crippen LogP contribution is -2.03. The van der Waals surface area contributed by atoms with Crippen molar-refractivity contribution in [3.8, 4) is 0 Å². The van der Waals surface area contributed by atoms with Crippen molar-refractivity contribution in [2.45, 2.75) is 0 Å². The summed E-state index contributed by atoms with van der Waals surface area (Å²) < 4.78 is 0. The first kappa shape index (κ1) is 11.1. The van der Waals surface area contributed by atoms with Crippen LogP contribution in [0, 0.1) is 0 Å². The van der Waals surface area contributed by atoms with Gasteiger partial charge in [-0.05, 0) is 36.4 Å². The number of nitrogens with zero attached hydrogens (tertiary/aromatic N) is 1. The number of hydrogen-bond acceptors (Lipinski definition) is 2. The molecule has 0 spiro atoms. The largest absolute Gasteiger partial charge is 0.380 e. The zero-order valence-electron chi connectivity index (χ0n) is 9.65. The summed E-state index contributed by atoms with van der Waals surface area (Å²) >= 11 is 5.96. The first-order valence-electron chi connectivity index (χ1n) is 5.73. The number of nitrogens with one attached hydrogen (secondary N) is 1. The highest BCUT2D eigenvalue weighted by Gasteiger charge is 2.03. The number of fused-ring (bicyclic) bond motifs is 1. The number of hydrogen-bond donors (Lipinski definition) is 1. The first-order chi connectivity index (χ1) is 8.83. The van der Waals surface area contributed by atoms with Crippen LogP contribution < -0.4 is 5.32 Å². The van der Waals surface area contributed by atoms with E-state index in [1.165, 1.54) is 0 Å². The van der Waals surface area contributed by atoms with E-state index in [2.05, 4.69) is 16.0 Å². The monoisotopic (exact) mass is 254 g/mol. The maximum atomic E-state index is 5.96. The molecule has 1 heterocycles. The smallest absolute Gasteiger partial charge is 0.0737 e. The Labute approximate surface area is 110 Å². The molecule has 1 aromatic heterocycles. The second-order valence-corrected chi connectivity index (χ2v) is 4.51. The summed E-state index contributed by atoms with van der Waals surface area (Å²) in [5.41, 5.74) is 6.28. The summed E-state index contributed by atoms with van der Waals surface area (Å²) in [5, 5.41) is 5.18. The van der Waals surface area contributed by atoms with E-state index in [1.807, 2.05) is 42.5 Å². The quantitative estimate of drug-likeness (QED) is 0.839. The Kier molecular flexibility index (Phi) is 2.89. The zero-order chi connectivity index (χ0) is 12.4. The highest BCUT2D eigenvalue weighted by atomic mass is 35.5. The van der Waals surface area contributed by atoms with Gasteiger partial charge >= 0.3 is 0 Å². The maximum Gasteiger partial charge on any atom is 0.0737 e. The van der Waals surface area contributed by atoms with Gasteiger partial charge in [-0.25, -0.2) is 0 Å². The molecule has 1 aliphatic rings. The first-order valence-corrected chi connectivity index (χ1v) is 6.11. The fourth-order valence-electron chi connectivity index (χ4n) is 1.94. The number of aromatic nitrogens is 1. The van der Waals surface area contributed by atoms with E-state index in [4.69, 9.17) is 11.6 Å². The predicted octanol–water partition coefficient (Wildman–Crippen LogP) is 3.95. The lowest BCUT2D eigenvalue weighted by molar-refractivity contribution is 1.27. The van der Waals surface area contributed by atoms with Gasteiger partial charge in [0, 0.05) is 34.4 Å². The van der Waals surface area contributed by atoms with Crippen LogP contribution in [-0.4, -0.2) is 11.5 Å².